The van der Waals surface area contributed by atoms with Gasteiger partial charge in [0.15, 0.2) is 0 Å². The van der Waals surface area contributed by atoms with E-state index in [0.29, 0.717) is 5.92 Å². The number of halogens is 1. The van der Waals surface area contributed by atoms with Crippen molar-refractivity contribution in [3.8, 4) is 0 Å². The Morgan fingerprint density at radius 2 is 2.27 bits per heavy atom. The Morgan fingerprint density at radius 3 is 2.73 bits per heavy atom. The maximum Gasteiger partial charge on any atom is 0.0628 e. The molecule has 2 rings (SSSR count). The SMILES string of the molecule is NC(c1c[nH]cc1Cl)C1CC1. The first-order valence-corrected chi connectivity index (χ1v) is 4.24. The highest BCUT2D eigenvalue weighted by atomic mass is 35.5. The van der Waals surface area contributed by atoms with E-state index in [0.717, 1.165) is 10.6 Å². The van der Waals surface area contributed by atoms with Gasteiger partial charge in [-0.1, -0.05) is 11.6 Å². The molecule has 1 saturated carbocycles. The Labute approximate surface area is 70.7 Å². The van der Waals surface area contributed by atoms with Crippen molar-refractivity contribution in [1.82, 2.24) is 4.98 Å². The van der Waals surface area contributed by atoms with E-state index in [9.17, 15) is 0 Å². The Kier molecular flexibility index (Phi) is 1.66. The van der Waals surface area contributed by atoms with Crippen LogP contribution >= 0.6 is 11.6 Å². The van der Waals surface area contributed by atoms with Gasteiger partial charge in [-0.3, -0.25) is 0 Å². The van der Waals surface area contributed by atoms with Crippen molar-refractivity contribution < 1.29 is 0 Å². The number of aromatic nitrogens is 1. The molecule has 2 nitrogen and oxygen atoms in total. The average Bonchev–Trinajstić information content (AvgIpc) is 2.74. The minimum absolute atomic E-state index is 0.147. The molecule has 1 atom stereocenters. The fraction of sp³-hybridized carbons (Fsp3) is 0.500. The summed E-state index contributed by atoms with van der Waals surface area (Å²) < 4.78 is 0. The molecule has 1 fully saturated rings. The number of H-pyrrole nitrogens is 1. The Bertz CT molecular complexity index is 252. The first-order chi connectivity index (χ1) is 5.29. The summed E-state index contributed by atoms with van der Waals surface area (Å²) in [5.74, 6) is 0.670. The molecular formula is C8H11ClN2. The van der Waals surface area contributed by atoms with Gasteiger partial charge >= 0.3 is 0 Å². The fourth-order valence-electron chi connectivity index (χ4n) is 1.32. The van der Waals surface area contributed by atoms with Crippen LogP contribution in [0.1, 0.15) is 24.4 Å². The zero-order valence-corrected chi connectivity index (χ0v) is 6.93. The molecule has 0 aromatic carbocycles. The van der Waals surface area contributed by atoms with Crippen LogP contribution in [0.3, 0.4) is 0 Å². The van der Waals surface area contributed by atoms with Crippen LogP contribution < -0.4 is 5.73 Å². The summed E-state index contributed by atoms with van der Waals surface area (Å²) in [6.07, 6.45) is 6.18. The Balaban J connectivity index is 2.20. The highest BCUT2D eigenvalue weighted by Crippen LogP contribution is 2.41. The normalized spacial score (nSPS) is 20.2. The van der Waals surface area contributed by atoms with Gasteiger partial charge in [0.05, 0.1) is 5.02 Å². The minimum atomic E-state index is 0.147. The third-order valence-electron chi connectivity index (χ3n) is 2.21. The van der Waals surface area contributed by atoms with Crippen molar-refractivity contribution in [2.75, 3.05) is 0 Å². The zero-order valence-electron chi connectivity index (χ0n) is 6.18. The van der Waals surface area contributed by atoms with E-state index in [4.69, 9.17) is 17.3 Å². The Morgan fingerprint density at radius 1 is 1.55 bits per heavy atom. The molecule has 1 aliphatic carbocycles. The summed E-state index contributed by atoms with van der Waals surface area (Å²) in [6, 6.07) is 0.147. The van der Waals surface area contributed by atoms with Gasteiger partial charge in [0, 0.05) is 24.0 Å². The van der Waals surface area contributed by atoms with Gasteiger partial charge in [0.1, 0.15) is 0 Å². The third-order valence-corrected chi connectivity index (χ3v) is 2.54. The van der Waals surface area contributed by atoms with Gasteiger partial charge in [0.25, 0.3) is 0 Å². The van der Waals surface area contributed by atoms with Gasteiger partial charge in [-0.2, -0.15) is 0 Å². The smallest absolute Gasteiger partial charge is 0.0628 e. The van der Waals surface area contributed by atoms with Crippen LogP contribution in [0.25, 0.3) is 0 Å². The summed E-state index contributed by atoms with van der Waals surface area (Å²) in [4.78, 5) is 2.95. The van der Waals surface area contributed by atoms with Crippen LogP contribution in [0.2, 0.25) is 5.02 Å². The second-order valence-electron chi connectivity index (χ2n) is 3.12. The molecule has 1 aromatic rings. The fourth-order valence-corrected chi connectivity index (χ4v) is 1.57. The van der Waals surface area contributed by atoms with Gasteiger partial charge in [0.2, 0.25) is 0 Å². The quantitative estimate of drug-likeness (QED) is 0.701. The number of hydrogen-bond donors (Lipinski definition) is 2. The van der Waals surface area contributed by atoms with E-state index in [1.165, 1.54) is 12.8 Å². The van der Waals surface area contributed by atoms with Gasteiger partial charge < -0.3 is 10.7 Å². The first-order valence-electron chi connectivity index (χ1n) is 3.87. The molecule has 1 aromatic heterocycles. The molecule has 0 spiro atoms. The predicted octanol–water partition coefficient (Wildman–Crippen LogP) is 2.08. The monoisotopic (exact) mass is 170 g/mol. The van der Waals surface area contributed by atoms with Crippen molar-refractivity contribution in [3.63, 3.8) is 0 Å². The maximum atomic E-state index is 5.94. The molecule has 1 unspecified atom stereocenters. The number of nitrogens with two attached hydrogens (primary N) is 1. The molecular weight excluding hydrogens is 160 g/mol. The van der Waals surface area contributed by atoms with Crippen molar-refractivity contribution in [2.24, 2.45) is 11.7 Å². The first kappa shape index (κ1) is 7.19. The lowest BCUT2D eigenvalue weighted by molar-refractivity contribution is 0.634. The highest BCUT2D eigenvalue weighted by Gasteiger charge is 2.30. The summed E-state index contributed by atoms with van der Waals surface area (Å²) in [7, 11) is 0. The summed E-state index contributed by atoms with van der Waals surface area (Å²) in [5, 5.41) is 0.768. The van der Waals surface area contributed by atoms with Crippen molar-refractivity contribution >= 4 is 11.6 Å². The zero-order chi connectivity index (χ0) is 7.84. The molecule has 0 amide bonds. The minimum Gasteiger partial charge on any atom is -0.366 e. The van der Waals surface area contributed by atoms with E-state index < -0.39 is 0 Å². The van der Waals surface area contributed by atoms with E-state index in [2.05, 4.69) is 4.98 Å². The molecule has 1 aliphatic rings. The van der Waals surface area contributed by atoms with E-state index in [1.807, 2.05) is 6.20 Å². The lowest BCUT2D eigenvalue weighted by Gasteiger charge is -2.07. The summed E-state index contributed by atoms with van der Waals surface area (Å²) in [6.45, 7) is 0. The van der Waals surface area contributed by atoms with Crippen LogP contribution in [0.5, 0.6) is 0 Å². The molecule has 0 saturated heterocycles. The Hall–Kier alpha value is -0.470. The molecule has 11 heavy (non-hydrogen) atoms. The van der Waals surface area contributed by atoms with E-state index >= 15 is 0 Å². The molecule has 3 N–H and O–H groups in total. The van der Waals surface area contributed by atoms with Crippen molar-refractivity contribution in [2.45, 2.75) is 18.9 Å². The third kappa shape index (κ3) is 1.28. The average molecular weight is 171 g/mol. The largest absolute Gasteiger partial charge is 0.366 e. The van der Waals surface area contributed by atoms with Crippen LogP contribution in [-0.2, 0) is 0 Å². The summed E-state index contributed by atoms with van der Waals surface area (Å²) in [5.41, 5.74) is 7.01. The van der Waals surface area contributed by atoms with Gasteiger partial charge in [-0.25, -0.2) is 0 Å². The predicted molar refractivity (Wildman–Crippen MR) is 45.5 cm³/mol. The molecule has 1 heterocycles. The number of hydrogen-bond acceptors (Lipinski definition) is 1. The lowest BCUT2D eigenvalue weighted by atomic mass is 10.1. The number of nitrogens with one attached hydrogen (secondary N) is 1. The summed E-state index contributed by atoms with van der Waals surface area (Å²) >= 11 is 5.90. The molecule has 60 valence electrons. The van der Waals surface area contributed by atoms with Crippen molar-refractivity contribution in [3.05, 3.63) is 23.0 Å². The van der Waals surface area contributed by atoms with Crippen molar-refractivity contribution in [1.29, 1.82) is 0 Å². The molecule has 3 heteroatoms. The highest BCUT2D eigenvalue weighted by molar-refractivity contribution is 6.31. The second-order valence-corrected chi connectivity index (χ2v) is 3.53. The van der Waals surface area contributed by atoms with Crippen LogP contribution in [-0.4, -0.2) is 4.98 Å². The number of rotatable bonds is 2. The molecule has 0 radical (unpaired) electrons. The lowest BCUT2D eigenvalue weighted by Crippen LogP contribution is -2.11. The standard InChI is InChI=1S/C8H11ClN2/c9-7-4-11-3-6(7)8(10)5-1-2-5/h3-5,8,11H,1-2,10H2. The maximum absolute atomic E-state index is 5.94. The van der Waals surface area contributed by atoms with Crippen LogP contribution in [0, 0.1) is 5.92 Å². The molecule has 0 bridgehead atoms. The van der Waals surface area contributed by atoms with E-state index in [-0.39, 0.29) is 6.04 Å². The van der Waals surface area contributed by atoms with Crippen LogP contribution in [0.4, 0.5) is 0 Å². The van der Waals surface area contributed by atoms with Gasteiger partial charge in [-0.05, 0) is 18.8 Å². The second kappa shape index (κ2) is 2.54. The molecule has 0 aliphatic heterocycles. The van der Waals surface area contributed by atoms with Crippen LogP contribution in [0.15, 0.2) is 12.4 Å². The topological polar surface area (TPSA) is 41.8 Å². The van der Waals surface area contributed by atoms with E-state index in [1.54, 1.807) is 6.20 Å². The van der Waals surface area contributed by atoms with Gasteiger partial charge in [-0.15, -0.1) is 0 Å². The number of aromatic amines is 1.